The lowest BCUT2D eigenvalue weighted by Crippen LogP contribution is -2.11. The maximum Gasteiger partial charge on any atom is 0.219 e. The summed E-state index contributed by atoms with van der Waals surface area (Å²) in [5, 5.41) is 7.70. The second-order valence-electron chi connectivity index (χ2n) is 2.35. The van der Waals surface area contributed by atoms with Crippen molar-refractivity contribution in [2.24, 2.45) is 0 Å². The van der Waals surface area contributed by atoms with E-state index in [-0.39, 0.29) is 12.5 Å². The van der Waals surface area contributed by atoms with Crippen molar-refractivity contribution in [3.8, 4) is 5.75 Å². The number of halogens is 1. The normalized spacial score (nSPS) is 9.38. The fourth-order valence-electron chi connectivity index (χ4n) is 0.764. The van der Waals surface area contributed by atoms with E-state index in [0.29, 0.717) is 10.8 Å². The van der Waals surface area contributed by atoms with E-state index in [9.17, 15) is 0 Å². The van der Waals surface area contributed by atoms with E-state index >= 15 is 0 Å². The predicted octanol–water partition coefficient (Wildman–Crippen LogP) is 2.34. The number of hydrogen-bond acceptors (Lipinski definition) is 3. The van der Waals surface area contributed by atoms with Crippen LogP contribution in [0.25, 0.3) is 0 Å². The highest BCUT2D eigenvalue weighted by molar-refractivity contribution is 6.32. The van der Waals surface area contributed by atoms with Crippen molar-refractivity contribution in [3.63, 3.8) is 0 Å². The van der Waals surface area contributed by atoms with Gasteiger partial charge in [0.15, 0.2) is 6.61 Å². The first-order valence-electron chi connectivity index (χ1n) is 3.73. The van der Waals surface area contributed by atoms with Crippen molar-refractivity contribution in [1.82, 2.24) is 0 Å². The topological polar surface area (TPSA) is 42.3 Å². The van der Waals surface area contributed by atoms with Crippen LogP contribution in [0.15, 0.2) is 24.3 Å². The molecule has 0 bridgehead atoms. The van der Waals surface area contributed by atoms with Crippen LogP contribution < -0.4 is 4.74 Å². The molecule has 0 aliphatic carbocycles. The fourth-order valence-corrected chi connectivity index (χ4v) is 0.954. The van der Waals surface area contributed by atoms with Gasteiger partial charge < -0.3 is 9.47 Å². The average Bonchev–Trinajstić information content (AvgIpc) is 2.16. The third-order valence-corrected chi connectivity index (χ3v) is 1.75. The van der Waals surface area contributed by atoms with Crippen LogP contribution in [0.3, 0.4) is 0 Å². The zero-order valence-corrected chi connectivity index (χ0v) is 7.97. The zero-order valence-electron chi connectivity index (χ0n) is 7.21. The molecule has 0 spiro atoms. The average molecular weight is 200 g/mol. The van der Waals surface area contributed by atoms with Crippen LogP contribution >= 0.6 is 11.6 Å². The van der Waals surface area contributed by atoms with Gasteiger partial charge in [-0.3, -0.25) is 5.41 Å². The van der Waals surface area contributed by atoms with Crippen molar-refractivity contribution < 1.29 is 9.47 Å². The first kappa shape index (κ1) is 9.86. The molecule has 1 aromatic carbocycles. The molecule has 70 valence electrons. The highest BCUT2D eigenvalue weighted by atomic mass is 35.5. The van der Waals surface area contributed by atoms with Gasteiger partial charge in [-0.1, -0.05) is 23.7 Å². The van der Waals surface area contributed by atoms with Crippen LogP contribution in [0, 0.1) is 5.41 Å². The highest BCUT2D eigenvalue weighted by Crippen LogP contribution is 2.22. The lowest BCUT2D eigenvalue weighted by atomic mass is 10.3. The van der Waals surface area contributed by atoms with Crippen LogP contribution in [0.1, 0.15) is 0 Å². The quantitative estimate of drug-likeness (QED) is 0.600. The number of ether oxygens (including phenoxy) is 2. The lowest BCUT2D eigenvalue weighted by molar-refractivity contribution is 0.310. The van der Waals surface area contributed by atoms with E-state index in [1.165, 1.54) is 7.11 Å². The van der Waals surface area contributed by atoms with Crippen LogP contribution in [-0.2, 0) is 4.74 Å². The summed E-state index contributed by atoms with van der Waals surface area (Å²) in [7, 11) is 1.43. The van der Waals surface area contributed by atoms with E-state index in [1.807, 2.05) is 12.1 Å². The zero-order chi connectivity index (χ0) is 9.68. The van der Waals surface area contributed by atoms with Crippen molar-refractivity contribution in [2.45, 2.75) is 0 Å². The molecule has 0 aliphatic heterocycles. The number of benzene rings is 1. The fraction of sp³-hybridized carbons (Fsp3) is 0.222. The molecule has 0 radical (unpaired) electrons. The molecule has 1 rings (SSSR count). The molecule has 4 heteroatoms. The molecule has 0 aromatic heterocycles. The van der Waals surface area contributed by atoms with Gasteiger partial charge in [0, 0.05) is 0 Å². The van der Waals surface area contributed by atoms with Gasteiger partial charge >= 0.3 is 0 Å². The number of nitrogens with one attached hydrogen (secondary N) is 1. The van der Waals surface area contributed by atoms with Gasteiger partial charge in [-0.05, 0) is 12.1 Å². The Balaban J connectivity index is 2.54. The number of hydrogen-bond donors (Lipinski definition) is 1. The van der Waals surface area contributed by atoms with Crippen LogP contribution in [-0.4, -0.2) is 19.6 Å². The third kappa shape index (κ3) is 2.95. The molecule has 0 heterocycles. The van der Waals surface area contributed by atoms with Gasteiger partial charge in [-0.15, -0.1) is 0 Å². The van der Waals surface area contributed by atoms with Crippen LogP contribution in [0.5, 0.6) is 5.75 Å². The predicted molar refractivity (Wildman–Crippen MR) is 51.7 cm³/mol. The Morgan fingerprint density at radius 2 is 2.15 bits per heavy atom. The molecule has 1 aromatic rings. The van der Waals surface area contributed by atoms with Crippen molar-refractivity contribution in [3.05, 3.63) is 29.3 Å². The summed E-state index contributed by atoms with van der Waals surface area (Å²) in [5.74, 6) is 0.630. The molecule has 0 fully saturated rings. The molecule has 0 atom stereocenters. The summed E-state index contributed by atoms with van der Waals surface area (Å²) in [4.78, 5) is 0. The summed E-state index contributed by atoms with van der Waals surface area (Å²) in [5.41, 5.74) is 0. The van der Waals surface area contributed by atoms with Crippen molar-refractivity contribution >= 4 is 17.5 Å². The third-order valence-electron chi connectivity index (χ3n) is 1.44. The Hall–Kier alpha value is -1.22. The van der Waals surface area contributed by atoms with Crippen molar-refractivity contribution in [2.75, 3.05) is 13.7 Å². The number of rotatable bonds is 3. The summed E-state index contributed by atoms with van der Waals surface area (Å²) in [6.45, 7) is 0.0975. The SMILES string of the molecule is COC(=N)COc1ccccc1Cl. The van der Waals surface area contributed by atoms with Gasteiger partial charge in [0.05, 0.1) is 12.1 Å². The summed E-state index contributed by atoms with van der Waals surface area (Å²) in [6, 6.07) is 7.10. The Bertz CT molecular complexity index is 301. The van der Waals surface area contributed by atoms with Gasteiger partial charge in [-0.2, -0.15) is 0 Å². The lowest BCUT2D eigenvalue weighted by Gasteiger charge is -2.07. The van der Waals surface area contributed by atoms with Gasteiger partial charge in [0.25, 0.3) is 0 Å². The Morgan fingerprint density at radius 1 is 1.46 bits per heavy atom. The molecule has 13 heavy (non-hydrogen) atoms. The summed E-state index contributed by atoms with van der Waals surface area (Å²) >= 11 is 5.81. The van der Waals surface area contributed by atoms with Crippen LogP contribution in [0.2, 0.25) is 5.02 Å². The monoisotopic (exact) mass is 199 g/mol. The molecule has 0 saturated carbocycles. The van der Waals surface area contributed by atoms with Crippen LogP contribution in [0.4, 0.5) is 0 Å². The standard InChI is InChI=1S/C9H10ClNO2/c1-12-9(11)6-13-8-5-3-2-4-7(8)10/h2-5,11H,6H2,1H3. The maximum absolute atomic E-state index is 7.17. The molecular weight excluding hydrogens is 190 g/mol. The minimum atomic E-state index is 0.0694. The van der Waals surface area contributed by atoms with E-state index < -0.39 is 0 Å². The first-order chi connectivity index (χ1) is 6.24. The smallest absolute Gasteiger partial charge is 0.219 e. The summed E-state index contributed by atoms with van der Waals surface area (Å²) < 4.78 is 9.83. The van der Waals surface area contributed by atoms with E-state index in [4.69, 9.17) is 21.7 Å². The second-order valence-corrected chi connectivity index (χ2v) is 2.75. The minimum absolute atomic E-state index is 0.0694. The molecule has 1 N–H and O–H groups in total. The molecule has 3 nitrogen and oxygen atoms in total. The Morgan fingerprint density at radius 3 is 2.77 bits per heavy atom. The highest BCUT2D eigenvalue weighted by Gasteiger charge is 2.01. The van der Waals surface area contributed by atoms with E-state index in [2.05, 4.69) is 4.74 Å². The molecule has 0 amide bonds. The van der Waals surface area contributed by atoms with Gasteiger partial charge in [0.2, 0.25) is 5.90 Å². The van der Waals surface area contributed by atoms with Crippen molar-refractivity contribution in [1.29, 1.82) is 5.41 Å². The Labute approximate surface area is 81.7 Å². The maximum atomic E-state index is 7.17. The Kier molecular flexibility index (Phi) is 3.58. The summed E-state index contributed by atoms with van der Waals surface area (Å²) in [6.07, 6.45) is 0. The second kappa shape index (κ2) is 4.72. The largest absolute Gasteiger partial charge is 0.482 e. The molecule has 0 aliphatic rings. The number of methoxy groups -OCH3 is 1. The molecular formula is C9H10ClNO2. The number of para-hydroxylation sites is 1. The van der Waals surface area contributed by atoms with E-state index in [0.717, 1.165) is 0 Å². The van der Waals surface area contributed by atoms with Gasteiger partial charge in [-0.25, -0.2) is 0 Å². The van der Waals surface area contributed by atoms with Gasteiger partial charge in [0.1, 0.15) is 5.75 Å². The molecule has 0 saturated heterocycles. The first-order valence-corrected chi connectivity index (χ1v) is 4.10. The van der Waals surface area contributed by atoms with E-state index in [1.54, 1.807) is 12.1 Å². The minimum Gasteiger partial charge on any atom is -0.482 e. The molecule has 0 unspecified atom stereocenters.